The topological polar surface area (TPSA) is 84.2 Å². The van der Waals surface area contributed by atoms with E-state index in [2.05, 4.69) is 17.6 Å². The van der Waals surface area contributed by atoms with Crippen molar-refractivity contribution >= 4 is 33.0 Å². The Balaban J connectivity index is 1.93. The maximum Gasteiger partial charge on any atom is 0.238 e. The molecule has 1 aromatic rings. The standard InChI is InChI=1S/C14H21N3O2S2/c1-10-4-2-3-5-13(10)17-14(20)16-11-6-8-12(9-7-11)21(15,18)19/h6-10,13H,2-5H2,1H3,(H2,15,18,19)(H2,16,17,20). The number of nitrogens with one attached hydrogen (secondary N) is 2. The molecule has 116 valence electrons. The van der Waals surface area contributed by atoms with E-state index in [9.17, 15) is 8.42 Å². The van der Waals surface area contributed by atoms with Crippen molar-refractivity contribution < 1.29 is 8.42 Å². The Morgan fingerprint density at radius 2 is 1.86 bits per heavy atom. The quantitative estimate of drug-likeness (QED) is 0.741. The lowest BCUT2D eigenvalue weighted by Gasteiger charge is -2.30. The Morgan fingerprint density at radius 3 is 2.43 bits per heavy atom. The van der Waals surface area contributed by atoms with Crippen LogP contribution in [0.1, 0.15) is 32.6 Å². The van der Waals surface area contributed by atoms with Crippen LogP contribution in [0.2, 0.25) is 0 Å². The Bertz CT molecular complexity index is 599. The summed E-state index contributed by atoms with van der Waals surface area (Å²) in [6, 6.07) is 6.63. The third-order valence-corrected chi connectivity index (χ3v) is 5.02. The van der Waals surface area contributed by atoms with E-state index >= 15 is 0 Å². The largest absolute Gasteiger partial charge is 0.359 e. The second-order valence-electron chi connectivity index (χ2n) is 5.54. The van der Waals surface area contributed by atoms with Gasteiger partial charge in [-0.05, 0) is 55.2 Å². The van der Waals surface area contributed by atoms with Gasteiger partial charge in [0.1, 0.15) is 0 Å². The first-order valence-electron chi connectivity index (χ1n) is 7.06. The fraction of sp³-hybridized carbons (Fsp3) is 0.500. The van der Waals surface area contributed by atoms with Gasteiger partial charge in [0.2, 0.25) is 10.0 Å². The summed E-state index contributed by atoms with van der Waals surface area (Å²) < 4.78 is 22.4. The highest BCUT2D eigenvalue weighted by Gasteiger charge is 2.21. The van der Waals surface area contributed by atoms with E-state index in [1.54, 1.807) is 12.1 Å². The lowest BCUT2D eigenvalue weighted by atomic mass is 9.86. The Hall–Kier alpha value is -1.18. The summed E-state index contributed by atoms with van der Waals surface area (Å²) in [6.07, 6.45) is 4.87. The van der Waals surface area contributed by atoms with E-state index in [1.807, 2.05) is 0 Å². The van der Waals surface area contributed by atoms with Gasteiger partial charge >= 0.3 is 0 Å². The third kappa shape index (κ3) is 4.66. The zero-order valence-electron chi connectivity index (χ0n) is 12.0. The molecule has 1 aliphatic rings. The molecule has 0 aliphatic heterocycles. The number of hydrogen-bond acceptors (Lipinski definition) is 3. The summed E-state index contributed by atoms with van der Waals surface area (Å²) in [7, 11) is -3.65. The maximum atomic E-state index is 11.2. The molecule has 7 heteroatoms. The van der Waals surface area contributed by atoms with Crippen molar-refractivity contribution in [3.8, 4) is 0 Å². The minimum absolute atomic E-state index is 0.0906. The predicted octanol–water partition coefficient (Wildman–Crippen LogP) is 2.20. The van der Waals surface area contributed by atoms with E-state index in [1.165, 1.54) is 31.4 Å². The van der Waals surface area contributed by atoms with Gasteiger partial charge in [-0.25, -0.2) is 13.6 Å². The third-order valence-electron chi connectivity index (χ3n) is 3.87. The SMILES string of the molecule is CC1CCCCC1NC(=S)Nc1ccc(S(N)(=O)=O)cc1. The van der Waals surface area contributed by atoms with Crippen molar-refractivity contribution in [3.05, 3.63) is 24.3 Å². The summed E-state index contributed by atoms with van der Waals surface area (Å²) in [5, 5.41) is 12.0. The maximum absolute atomic E-state index is 11.2. The Morgan fingerprint density at radius 1 is 1.24 bits per heavy atom. The highest BCUT2D eigenvalue weighted by atomic mass is 32.2. The van der Waals surface area contributed by atoms with E-state index in [0.717, 1.165) is 12.1 Å². The second-order valence-corrected chi connectivity index (χ2v) is 7.51. The highest BCUT2D eigenvalue weighted by molar-refractivity contribution is 7.89. The molecule has 2 atom stereocenters. The minimum Gasteiger partial charge on any atom is -0.359 e. The molecular weight excluding hydrogens is 306 g/mol. The molecule has 21 heavy (non-hydrogen) atoms. The summed E-state index contributed by atoms with van der Waals surface area (Å²) in [4.78, 5) is 0.0906. The normalized spacial score (nSPS) is 22.6. The van der Waals surface area contributed by atoms with Crippen LogP contribution in [0.25, 0.3) is 0 Å². The van der Waals surface area contributed by atoms with E-state index in [-0.39, 0.29) is 4.90 Å². The predicted molar refractivity (Wildman–Crippen MR) is 88.6 cm³/mol. The molecule has 4 N–H and O–H groups in total. The van der Waals surface area contributed by atoms with Gasteiger partial charge in [-0.1, -0.05) is 19.8 Å². The summed E-state index contributed by atoms with van der Waals surface area (Å²) in [5.41, 5.74) is 0.739. The fourth-order valence-corrected chi connectivity index (χ4v) is 3.38. The van der Waals surface area contributed by atoms with Gasteiger partial charge in [-0.2, -0.15) is 0 Å². The van der Waals surface area contributed by atoms with Crippen LogP contribution >= 0.6 is 12.2 Å². The zero-order valence-corrected chi connectivity index (χ0v) is 13.6. The molecule has 5 nitrogen and oxygen atoms in total. The number of primary sulfonamides is 1. The smallest absolute Gasteiger partial charge is 0.238 e. The van der Waals surface area contributed by atoms with Crippen molar-refractivity contribution in [1.82, 2.24) is 5.32 Å². The summed E-state index contributed by atoms with van der Waals surface area (Å²) in [6.45, 7) is 2.24. The fourth-order valence-electron chi connectivity index (χ4n) is 2.59. The van der Waals surface area contributed by atoms with E-state index < -0.39 is 10.0 Å². The number of anilines is 1. The molecule has 0 saturated heterocycles. The van der Waals surface area contributed by atoms with Crippen molar-refractivity contribution in [2.75, 3.05) is 5.32 Å². The molecule has 1 aromatic carbocycles. The number of nitrogens with two attached hydrogens (primary N) is 1. The van der Waals surface area contributed by atoms with Gasteiger partial charge in [0.15, 0.2) is 5.11 Å². The van der Waals surface area contributed by atoms with Crippen LogP contribution in [0.4, 0.5) is 5.69 Å². The van der Waals surface area contributed by atoms with Crippen molar-refractivity contribution in [1.29, 1.82) is 0 Å². The molecule has 2 unspecified atom stereocenters. The van der Waals surface area contributed by atoms with Gasteiger partial charge in [0.05, 0.1) is 4.90 Å². The van der Waals surface area contributed by atoms with Gasteiger partial charge < -0.3 is 10.6 Å². The molecule has 0 amide bonds. The molecule has 1 saturated carbocycles. The van der Waals surface area contributed by atoms with Crippen LogP contribution in [0.5, 0.6) is 0 Å². The van der Waals surface area contributed by atoms with Gasteiger partial charge in [0.25, 0.3) is 0 Å². The highest BCUT2D eigenvalue weighted by Crippen LogP contribution is 2.23. The van der Waals surface area contributed by atoms with Crippen molar-refractivity contribution in [3.63, 3.8) is 0 Å². The minimum atomic E-state index is -3.65. The lowest BCUT2D eigenvalue weighted by molar-refractivity contribution is 0.309. The molecule has 0 bridgehead atoms. The average Bonchev–Trinajstić information content (AvgIpc) is 2.41. The number of hydrogen-bond donors (Lipinski definition) is 3. The first-order valence-corrected chi connectivity index (χ1v) is 9.02. The Kier molecular flexibility index (Phi) is 5.18. The molecule has 0 spiro atoms. The van der Waals surface area contributed by atoms with Gasteiger partial charge in [0, 0.05) is 11.7 Å². The van der Waals surface area contributed by atoms with Crippen LogP contribution < -0.4 is 15.8 Å². The monoisotopic (exact) mass is 327 g/mol. The molecule has 1 aliphatic carbocycles. The number of benzene rings is 1. The van der Waals surface area contributed by atoms with E-state index in [0.29, 0.717) is 17.1 Å². The van der Waals surface area contributed by atoms with Crippen molar-refractivity contribution in [2.45, 2.75) is 43.5 Å². The van der Waals surface area contributed by atoms with Crippen LogP contribution in [-0.4, -0.2) is 19.6 Å². The van der Waals surface area contributed by atoms with Gasteiger partial charge in [-0.3, -0.25) is 0 Å². The molecule has 0 heterocycles. The van der Waals surface area contributed by atoms with Crippen LogP contribution in [0.3, 0.4) is 0 Å². The number of thiocarbonyl (C=S) groups is 1. The molecule has 0 radical (unpaired) electrons. The average molecular weight is 327 g/mol. The van der Waals surface area contributed by atoms with Crippen molar-refractivity contribution in [2.24, 2.45) is 11.1 Å². The summed E-state index contributed by atoms with van der Waals surface area (Å²) in [5.74, 6) is 0.614. The van der Waals surface area contributed by atoms with E-state index in [4.69, 9.17) is 17.4 Å². The molecule has 0 aromatic heterocycles. The number of rotatable bonds is 3. The van der Waals surface area contributed by atoms with Crippen LogP contribution in [0, 0.1) is 5.92 Å². The molecule has 2 rings (SSSR count). The zero-order chi connectivity index (χ0) is 15.5. The van der Waals surface area contributed by atoms with Crippen LogP contribution in [-0.2, 0) is 10.0 Å². The molecule has 1 fully saturated rings. The first kappa shape index (κ1) is 16.2. The lowest BCUT2D eigenvalue weighted by Crippen LogP contribution is -2.43. The van der Waals surface area contributed by atoms with Gasteiger partial charge in [-0.15, -0.1) is 0 Å². The summed E-state index contributed by atoms with van der Waals surface area (Å²) >= 11 is 5.31. The number of sulfonamides is 1. The first-order chi connectivity index (χ1) is 9.86. The van der Waals surface area contributed by atoms with Crippen LogP contribution in [0.15, 0.2) is 29.2 Å². The second kappa shape index (κ2) is 6.72. The molecular formula is C14H21N3O2S2. The Labute approximate surface area is 131 Å².